The van der Waals surface area contributed by atoms with Crippen LogP contribution in [0.1, 0.15) is 44.6 Å². The van der Waals surface area contributed by atoms with Gasteiger partial charge in [-0.3, -0.25) is 4.79 Å². The third kappa shape index (κ3) is 5.32. The van der Waals surface area contributed by atoms with Crippen LogP contribution < -0.4 is 11.1 Å². The van der Waals surface area contributed by atoms with E-state index in [1.807, 2.05) is 18.2 Å². The van der Waals surface area contributed by atoms with Crippen molar-refractivity contribution < 1.29 is 4.79 Å². The van der Waals surface area contributed by atoms with Crippen LogP contribution in [0, 0.1) is 0 Å². The summed E-state index contributed by atoms with van der Waals surface area (Å²) in [5, 5.41) is 2.95. The Labute approximate surface area is 110 Å². The van der Waals surface area contributed by atoms with Gasteiger partial charge in [0.1, 0.15) is 0 Å². The largest absolute Gasteiger partial charge is 0.355 e. The van der Waals surface area contributed by atoms with Crippen LogP contribution >= 0.6 is 0 Å². The topological polar surface area (TPSA) is 55.1 Å². The Morgan fingerprint density at radius 3 is 2.61 bits per heavy atom. The summed E-state index contributed by atoms with van der Waals surface area (Å²) in [4.78, 5) is 11.7. The normalized spacial score (nSPS) is 13.9. The SMILES string of the molecule is CCCC(N)CC(=O)NCC(C)c1ccccc1. The Kier molecular flexibility index (Phi) is 6.44. The molecule has 0 aromatic heterocycles. The quantitative estimate of drug-likeness (QED) is 0.778. The van der Waals surface area contributed by atoms with E-state index in [9.17, 15) is 4.79 Å². The van der Waals surface area contributed by atoms with Gasteiger partial charge < -0.3 is 11.1 Å². The Hall–Kier alpha value is -1.35. The Morgan fingerprint density at radius 1 is 1.33 bits per heavy atom. The second-order valence-electron chi connectivity index (χ2n) is 4.87. The molecule has 0 heterocycles. The summed E-state index contributed by atoms with van der Waals surface area (Å²) < 4.78 is 0. The van der Waals surface area contributed by atoms with Crippen molar-refractivity contribution in [2.24, 2.45) is 5.73 Å². The highest BCUT2D eigenvalue weighted by Gasteiger charge is 2.10. The molecule has 0 aliphatic heterocycles. The van der Waals surface area contributed by atoms with Gasteiger partial charge in [-0.05, 0) is 17.9 Å². The number of nitrogens with one attached hydrogen (secondary N) is 1. The molecule has 1 rings (SSSR count). The minimum atomic E-state index is -0.0120. The van der Waals surface area contributed by atoms with Gasteiger partial charge in [-0.1, -0.05) is 50.6 Å². The maximum atomic E-state index is 11.7. The molecule has 0 aliphatic carbocycles. The lowest BCUT2D eigenvalue weighted by Gasteiger charge is -2.14. The van der Waals surface area contributed by atoms with Gasteiger partial charge in [-0.2, -0.15) is 0 Å². The first-order chi connectivity index (χ1) is 8.63. The molecular formula is C15H24N2O. The lowest BCUT2D eigenvalue weighted by atomic mass is 10.0. The van der Waals surface area contributed by atoms with Gasteiger partial charge in [-0.15, -0.1) is 0 Å². The van der Waals surface area contributed by atoms with Crippen LogP contribution in [-0.4, -0.2) is 18.5 Å². The van der Waals surface area contributed by atoms with E-state index in [2.05, 4.69) is 31.3 Å². The molecule has 2 unspecified atom stereocenters. The van der Waals surface area contributed by atoms with Crippen molar-refractivity contribution in [3.8, 4) is 0 Å². The fraction of sp³-hybridized carbons (Fsp3) is 0.533. The molecule has 1 aromatic carbocycles. The predicted octanol–water partition coefficient (Wildman–Crippen LogP) is 2.42. The monoisotopic (exact) mass is 248 g/mol. The van der Waals surface area contributed by atoms with Crippen LogP contribution in [-0.2, 0) is 4.79 Å². The fourth-order valence-electron chi connectivity index (χ4n) is 1.95. The van der Waals surface area contributed by atoms with E-state index in [1.165, 1.54) is 5.56 Å². The molecule has 0 spiro atoms. The minimum Gasteiger partial charge on any atom is -0.355 e. The Balaban J connectivity index is 2.30. The van der Waals surface area contributed by atoms with Crippen molar-refractivity contribution >= 4 is 5.91 Å². The highest BCUT2D eigenvalue weighted by molar-refractivity contribution is 5.76. The van der Waals surface area contributed by atoms with Crippen LogP contribution in [0.15, 0.2) is 30.3 Å². The summed E-state index contributed by atoms with van der Waals surface area (Å²) in [5.41, 5.74) is 7.09. The number of nitrogens with two attached hydrogens (primary N) is 1. The summed E-state index contributed by atoms with van der Waals surface area (Å²) in [6.07, 6.45) is 2.35. The van der Waals surface area contributed by atoms with Gasteiger partial charge in [0.05, 0.1) is 0 Å². The first-order valence-electron chi connectivity index (χ1n) is 6.70. The van der Waals surface area contributed by atoms with E-state index in [4.69, 9.17) is 5.73 Å². The predicted molar refractivity (Wildman–Crippen MR) is 75.4 cm³/mol. The molecule has 18 heavy (non-hydrogen) atoms. The number of rotatable bonds is 7. The van der Waals surface area contributed by atoms with Crippen LogP contribution in [0.2, 0.25) is 0 Å². The lowest BCUT2D eigenvalue weighted by Crippen LogP contribution is -2.33. The smallest absolute Gasteiger partial charge is 0.221 e. The van der Waals surface area contributed by atoms with Crippen molar-refractivity contribution in [2.45, 2.75) is 45.1 Å². The molecule has 0 bridgehead atoms. The first-order valence-corrected chi connectivity index (χ1v) is 6.70. The van der Waals surface area contributed by atoms with E-state index in [-0.39, 0.29) is 11.9 Å². The van der Waals surface area contributed by atoms with Crippen molar-refractivity contribution in [2.75, 3.05) is 6.54 Å². The molecule has 1 amide bonds. The van der Waals surface area contributed by atoms with E-state index >= 15 is 0 Å². The second-order valence-corrected chi connectivity index (χ2v) is 4.87. The molecule has 3 nitrogen and oxygen atoms in total. The summed E-state index contributed by atoms with van der Waals surface area (Å²) in [5.74, 6) is 0.385. The number of hydrogen-bond donors (Lipinski definition) is 2. The van der Waals surface area contributed by atoms with Gasteiger partial charge in [-0.25, -0.2) is 0 Å². The maximum Gasteiger partial charge on any atom is 0.221 e. The molecule has 100 valence electrons. The van der Waals surface area contributed by atoms with Gasteiger partial charge in [0.15, 0.2) is 0 Å². The van der Waals surface area contributed by atoms with Crippen LogP contribution in [0.3, 0.4) is 0 Å². The zero-order chi connectivity index (χ0) is 13.4. The highest BCUT2D eigenvalue weighted by atomic mass is 16.1. The fourth-order valence-corrected chi connectivity index (χ4v) is 1.95. The van der Waals surface area contributed by atoms with Crippen molar-refractivity contribution in [3.05, 3.63) is 35.9 Å². The van der Waals surface area contributed by atoms with Crippen LogP contribution in [0.5, 0.6) is 0 Å². The van der Waals surface area contributed by atoms with Crippen molar-refractivity contribution in [3.63, 3.8) is 0 Å². The number of hydrogen-bond acceptors (Lipinski definition) is 2. The Bertz CT molecular complexity index is 351. The molecule has 1 aromatic rings. The third-order valence-corrected chi connectivity index (χ3v) is 3.08. The number of carbonyl (C=O) groups excluding carboxylic acids is 1. The molecule has 0 saturated carbocycles. The molecule has 0 fully saturated rings. The second kappa shape index (κ2) is 7.88. The summed E-state index contributed by atoms with van der Waals surface area (Å²) in [7, 11) is 0. The molecule has 3 N–H and O–H groups in total. The average Bonchev–Trinajstić information content (AvgIpc) is 2.37. The highest BCUT2D eigenvalue weighted by Crippen LogP contribution is 2.13. The summed E-state index contributed by atoms with van der Waals surface area (Å²) in [6, 6.07) is 10.2. The Morgan fingerprint density at radius 2 is 2.00 bits per heavy atom. The standard InChI is InChI=1S/C15H24N2O/c1-3-7-14(16)10-15(18)17-11-12(2)13-8-5-4-6-9-13/h4-6,8-9,12,14H,3,7,10-11,16H2,1-2H3,(H,17,18). The number of carbonyl (C=O) groups is 1. The zero-order valence-corrected chi connectivity index (χ0v) is 11.4. The number of amides is 1. The maximum absolute atomic E-state index is 11.7. The number of benzene rings is 1. The van der Waals surface area contributed by atoms with Crippen LogP contribution in [0.25, 0.3) is 0 Å². The van der Waals surface area contributed by atoms with E-state index in [1.54, 1.807) is 0 Å². The van der Waals surface area contributed by atoms with E-state index in [0.717, 1.165) is 12.8 Å². The average molecular weight is 248 g/mol. The molecule has 0 aliphatic rings. The third-order valence-electron chi connectivity index (χ3n) is 3.08. The van der Waals surface area contributed by atoms with E-state index < -0.39 is 0 Å². The van der Waals surface area contributed by atoms with Gasteiger partial charge in [0, 0.05) is 19.0 Å². The van der Waals surface area contributed by atoms with Crippen molar-refractivity contribution in [1.29, 1.82) is 0 Å². The van der Waals surface area contributed by atoms with Gasteiger partial charge in [0.2, 0.25) is 5.91 Å². The van der Waals surface area contributed by atoms with Gasteiger partial charge >= 0.3 is 0 Å². The van der Waals surface area contributed by atoms with Crippen LogP contribution in [0.4, 0.5) is 0 Å². The van der Waals surface area contributed by atoms with Gasteiger partial charge in [0.25, 0.3) is 0 Å². The molecule has 3 heteroatoms. The summed E-state index contributed by atoms with van der Waals surface area (Å²) >= 11 is 0. The minimum absolute atomic E-state index is 0.0120. The molecule has 2 atom stereocenters. The van der Waals surface area contributed by atoms with E-state index in [0.29, 0.717) is 18.9 Å². The first kappa shape index (κ1) is 14.7. The molecule has 0 saturated heterocycles. The summed E-state index contributed by atoms with van der Waals surface area (Å²) in [6.45, 7) is 4.86. The molecular weight excluding hydrogens is 224 g/mol. The van der Waals surface area contributed by atoms with Crippen molar-refractivity contribution in [1.82, 2.24) is 5.32 Å². The molecule has 0 radical (unpaired) electrons. The zero-order valence-electron chi connectivity index (χ0n) is 11.4. The lowest BCUT2D eigenvalue weighted by molar-refractivity contribution is -0.121.